The van der Waals surface area contributed by atoms with E-state index in [9.17, 15) is 17.6 Å². The van der Waals surface area contributed by atoms with E-state index >= 15 is 0 Å². The van der Waals surface area contributed by atoms with Gasteiger partial charge in [0.25, 0.3) is 0 Å². The van der Waals surface area contributed by atoms with Crippen LogP contribution in [0.15, 0.2) is 28.4 Å². The van der Waals surface area contributed by atoms with Gasteiger partial charge in [-0.2, -0.15) is 23.7 Å². The van der Waals surface area contributed by atoms with E-state index in [-0.39, 0.29) is 15.7 Å². The number of hydrogen-bond acceptors (Lipinski definition) is 3. The smallest absolute Gasteiger partial charge is 0.359 e. The topological polar surface area (TPSA) is 59.6 Å². The Labute approximate surface area is 113 Å². The summed E-state index contributed by atoms with van der Waals surface area (Å²) >= 11 is 2.78. The molecule has 0 aromatic heterocycles. The van der Waals surface area contributed by atoms with Crippen molar-refractivity contribution in [1.82, 2.24) is 0 Å². The Morgan fingerprint density at radius 2 is 1.84 bits per heavy atom. The lowest BCUT2D eigenvalue weighted by Gasteiger charge is -2.11. The summed E-state index contributed by atoms with van der Waals surface area (Å²) in [5.41, 5.74) is -1.78. The van der Waals surface area contributed by atoms with E-state index in [4.69, 9.17) is 10.5 Å². The molecule has 0 bridgehead atoms. The third-order valence-electron chi connectivity index (χ3n) is 1.97. The Morgan fingerprint density at radius 1 is 1.26 bits per heavy atom. The molecule has 0 saturated heterocycles. The van der Waals surface area contributed by atoms with Crippen LogP contribution in [0, 0.1) is 28.5 Å². The third kappa shape index (κ3) is 3.70. The molecule has 0 unspecified atom stereocenters. The molecular weight excluding hydrogens is 330 g/mol. The highest BCUT2D eigenvalue weighted by Gasteiger charge is 2.32. The fraction of sp³-hybridized carbons (Fsp3) is 0.0909. The van der Waals surface area contributed by atoms with E-state index in [0.29, 0.717) is 12.1 Å². The highest BCUT2D eigenvalue weighted by molar-refractivity contribution is 9.10. The monoisotopic (exact) mass is 333 g/mol. The summed E-state index contributed by atoms with van der Waals surface area (Å²) in [6, 6.07) is 4.02. The largest absolute Gasteiger partial charge is 0.416 e. The fourth-order valence-corrected chi connectivity index (χ4v) is 1.44. The molecule has 3 nitrogen and oxygen atoms in total. The number of rotatable bonds is 2. The van der Waals surface area contributed by atoms with Crippen molar-refractivity contribution in [3.8, 4) is 12.1 Å². The minimum Gasteiger partial charge on any atom is -0.359 e. The third-order valence-corrected chi connectivity index (χ3v) is 2.77. The summed E-state index contributed by atoms with van der Waals surface area (Å²) < 4.78 is 50.5. The number of benzene rings is 1. The molecule has 0 aliphatic heterocycles. The number of nitrogens with one attached hydrogen (secondary N) is 1. The van der Waals surface area contributed by atoms with Gasteiger partial charge >= 0.3 is 6.18 Å². The second kappa shape index (κ2) is 5.72. The lowest BCUT2D eigenvalue weighted by molar-refractivity contribution is -0.137. The maximum Gasteiger partial charge on any atom is 0.416 e. The van der Waals surface area contributed by atoms with Crippen LogP contribution in [0.3, 0.4) is 0 Å². The zero-order valence-electron chi connectivity index (χ0n) is 9.02. The van der Waals surface area contributed by atoms with Crippen LogP contribution in [-0.2, 0) is 6.18 Å². The zero-order chi connectivity index (χ0) is 14.6. The number of allylic oxidation sites excluding steroid dienone is 1. The number of hydrogen-bond donors (Lipinski definition) is 1. The fourth-order valence-electron chi connectivity index (χ4n) is 1.10. The maximum absolute atomic E-state index is 13.3. The van der Waals surface area contributed by atoms with Crippen molar-refractivity contribution in [3.05, 3.63) is 39.8 Å². The Hall–Kier alpha value is -2.06. The van der Waals surface area contributed by atoms with Gasteiger partial charge in [0.05, 0.1) is 15.7 Å². The van der Waals surface area contributed by atoms with Gasteiger partial charge in [0.15, 0.2) is 0 Å². The first-order valence-corrected chi connectivity index (χ1v) is 5.42. The molecule has 0 saturated carbocycles. The first kappa shape index (κ1) is 15.0. The van der Waals surface area contributed by atoms with Crippen molar-refractivity contribution in [3.63, 3.8) is 0 Å². The van der Waals surface area contributed by atoms with Gasteiger partial charge in [0.2, 0.25) is 0 Å². The molecule has 1 aromatic rings. The van der Waals surface area contributed by atoms with Gasteiger partial charge in [-0.3, -0.25) is 0 Å². The molecule has 0 heterocycles. The average Bonchev–Trinajstić information content (AvgIpc) is 2.33. The molecule has 8 heteroatoms. The summed E-state index contributed by atoms with van der Waals surface area (Å²) in [6.45, 7) is 0. The summed E-state index contributed by atoms with van der Waals surface area (Å²) in [5.74, 6) is -1.11. The molecule has 0 aliphatic carbocycles. The molecule has 0 atom stereocenters. The van der Waals surface area contributed by atoms with Crippen LogP contribution in [-0.4, -0.2) is 0 Å². The molecule has 1 aromatic carbocycles. The van der Waals surface area contributed by atoms with Crippen LogP contribution in [0.5, 0.6) is 0 Å². The molecular formula is C11H4BrF4N3. The number of nitriles is 2. The Balaban J connectivity index is 3.23. The second-order valence-electron chi connectivity index (χ2n) is 3.24. The maximum atomic E-state index is 13.3. The van der Waals surface area contributed by atoms with Crippen molar-refractivity contribution in [2.24, 2.45) is 0 Å². The van der Waals surface area contributed by atoms with E-state index in [2.05, 4.69) is 21.2 Å². The van der Waals surface area contributed by atoms with Gasteiger partial charge in [-0.05, 0) is 28.1 Å². The van der Waals surface area contributed by atoms with Crippen LogP contribution in [0.1, 0.15) is 5.56 Å². The average molecular weight is 334 g/mol. The molecule has 0 radical (unpaired) electrons. The standard InChI is InChI=1S/C11H4BrF4N3/c12-10-8(13)1-7(11(14,15)16)2-9(10)19-5-6(3-17)4-18/h1-2,5,19H. The number of alkyl halides is 3. The van der Waals surface area contributed by atoms with Gasteiger partial charge < -0.3 is 5.32 Å². The number of nitrogens with zero attached hydrogens (tertiary/aromatic N) is 2. The molecule has 0 fully saturated rings. The molecule has 19 heavy (non-hydrogen) atoms. The van der Waals surface area contributed by atoms with Gasteiger partial charge in [0.1, 0.15) is 23.5 Å². The molecule has 0 spiro atoms. The van der Waals surface area contributed by atoms with E-state index < -0.39 is 17.6 Å². The lowest BCUT2D eigenvalue weighted by Crippen LogP contribution is -2.07. The van der Waals surface area contributed by atoms with Crippen molar-refractivity contribution in [2.75, 3.05) is 5.32 Å². The molecule has 1 N–H and O–H groups in total. The predicted molar refractivity (Wildman–Crippen MR) is 62.0 cm³/mol. The SMILES string of the molecule is N#CC(C#N)=CNc1cc(C(F)(F)F)cc(F)c1Br. The first-order valence-electron chi connectivity index (χ1n) is 4.62. The molecule has 0 aliphatic rings. The lowest BCUT2D eigenvalue weighted by atomic mass is 10.2. The number of halogens is 5. The number of anilines is 1. The van der Waals surface area contributed by atoms with Gasteiger partial charge in [-0.15, -0.1) is 0 Å². The molecule has 0 amide bonds. The van der Waals surface area contributed by atoms with Gasteiger partial charge in [-0.25, -0.2) is 4.39 Å². The normalized spacial score (nSPS) is 10.3. The second-order valence-corrected chi connectivity index (χ2v) is 4.04. The zero-order valence-corrected chi connectivity index (χ0v) is 10.6. The molecule has 1 rings (SSSR count). The summed E-state index contributed by atoms with van der Waals surface area (Å²) in [4.78, 5) is 0. The summed E-state index contributed by atoms with van der Waals surface area (Å²) in [6.07, 6.45) is -3.81. The highest BCUT2D eigenvalue weighted by atomic mass is 79.9. The van der Waals surface area contributed by atoms with Crippen LogP contribution in [0.2, 0.25) is 0 Å². The first-order chi connectivity index (χ1) is 8.79. The van der Waals surface area contributed by atoms with E-state index in [1.807, 2.05) is 0 Å². The summed E-state index contributed by atoms with van der Waals surface area (Å²) in [7, 11) is 0. The Bertz CT molecular complexity index is 592. The van der Waals surface area contributed by atoms with Crippen LogP contribution >= 0.6 is 15.9 Å². The van der Waals surface area contributed by atoms with Crippen molar-refractivity contribution in [2.45, 2.75) is 6.18 Å². The van der Waals surface area contributed by atoms with E-state index in [1.165, 1.54) is 12.1 Å². The van der Waals surface area contributed by atoms with Crippen molar-refractivity contribution < 1.29 is 17.6 Å². The van der Waals surface area contributed by atoms with Crippen molar-refractivity contribution >= 4 is 21.6 Å². The van der Waals surface area contributed by atoms with E-state index in [0.717, 1.165) is 6.20 Å². The predicted octanol–water partition coefficient (Wildman–Crippen LogP) is 3.95. The quantitative estimate of drug-likeness (QED) is 0.658. The minimum absolute atomic E-state index is 0.230. The van der Waals surface area contributed by atoms with Gasteiger partial charge in [0, 0.05) is 6.20 Å². The Kier molecular flexibility index (Phi) is 4.52. The van der Waals surface area contributed by atoms with Crippen LogP contribution in [0.4, 0.5) is 23.2 Å². The van der Waals surface area contributed by atoms with Crippen molar-refractivity contribution in [1.29, 1.82) is 10.5 Å². The Morgan fingerprint density at radius 3 is 2.32 bits per heavy atom. The minimum atomic E-state index is -4.70. The highest BCUT2D eigenvalue weighted by Crippen LogP contribution is 2.35. The summed E-state index contributed by atoms with van der Waals surface area (Å²) in [5, 5.41) is 19.2. The van der Waals surface area contributed by atoms with Crippen LogP contribution < -0.4 is 5.32 Å². The van der Waals surface area contributed by atoms with E-state index in [1.54, 1.807) is 0 Å². The van der Waals surface area contributed by atoms with Gasteiger partial charge in [-0.1, -0.05) is 0 Å². The van der Waals surface area contributed by atoms with Crippen LogP contribution in [0.25, 0.3) is 0 Å². The molecule has 98 valence electrons.